The fourth-order valence-electron chi connectivity index (χ4n) is 2.84. The van der Waals surface area contributed by atoms with Crippen LogP contribution in [0.2, 0.25) is 0 Å². The number of likely N-dealkylation sites (tertiary alicyclic amines) is 1. The number of β-amino-alcohol motifs (C(OH)–C–C–N with tert-alkyl or cyclic N) is 1. The van der Waals surface area contributed by atoms with Crippen LogP contribution in [0.4, 0.5) is 0 Å². The predicted octanol–water partition coefficient (Wildman–Crippen LogP) is 0.489. The van der Waals surface area contributed by atoms with Crippen LogP contribution >= 0.6 is 0 Å². The van der Waals surface area contributed by atoms with Gasteiger partial charge in [0.2, 0.25) is 5.91 Å². The maximum absolute atomic E-state index is 12.4. The smallest absolute Gasteiger partial charge is 0.230 e. The number of amides is 1. The number of nitrogens with two attached hydrogens (primary N) is 1. The summed E-state index contributed by atoms with van der Waals surface area (Å²) < 4.78 is 0. The zero-order chi connectivity index (χ0) is 11.8. The SMILES string of the molecule is CC1(O)CCCN(C(=O)C2(CN)CCC2)C1. The Bertz CT molecular complexity index is 279. The first kappa shape index (κ1) is 11.9. The van der Waals surface area contributed by atoms with E-state index in [0.717, 1.165) is 38.6 Å². The minimum Gasteiger partial charge on any atom is -0.388 e. The highest BCUT2D eigenvalue weighted by molar-refractivity contribution is 5.84. The van der Waals surface area contributed by atoms with Crippen LogP contribution in [-0.4, -0.2) is 41.1 Å². The molecule has 0 bridgehead atoms. The fourth-order valence-corrected chi connectivity index (χ4v) is 2.84. The van der Waals surface area contributed by atoms with Crippen molar-refractivity contribution >= 4 is 5.91 Å². The van der Waals surface area contributed by atoms with Gasteiger partial charge in [-0.1, -0.05) is 6.42 Å². The summed E-state index contributed by atoms with van der Waals surface area (Å²) in [6.07, 6.45) is 4.61. The van der Waals surface area contributed by atoms with Crippen molar-refractivity contribution in [3.63, 3.8) is 0 Å². The Labute approximate surface area is 96.8 Å². The highest BCUT2D eigenvalue weighted by atomic mass is 16.3. The average molecular weight is 226 g/mol. The largest absolute Gasteiger partial charge is 0.388 e. The lowest BCUT2D eigenvalue weighted by molar-refractivity contribution is -0.152. The van der Waals surface area contributed by atoms with E-state index in [1.807, 2.05) is 11.8 Å². The third kappa shape index (κ3) is 1.96. The molecule has 4 heteroatoms. The quantitative estimate of drug-likeness (QED) is 0.720. The number of piperidine rings is 1. The summed E-state index contributed by atoms with van der Waals surface area (Å²) in [6, 6.07) is 0. The minimum absolute atomic E-state index is 0.168. The molecule has 0 aromatic carbocycles. The Hall–Kier alpha value is -0.610. The second-order valence-electron chi connectivity index (χ2n) is 5.67. The Morgan fingerprint density at radius 2 is 2.06 bits per heavy atom. The van der Waals surface area contributed by atoms with Crippen molar-refractivity contribution in [2.75, 3.05) is 19.6 Å². The van der Waals surface area contributed by atoms with Crippen LogP contribution in [0.3, 0.4) is 0 Å². The molecule has 0 aromatic rings. The molecule has 16 heavy (non-hydrogen) atoms. The van der Waals surface area contributed by atoms with Gasteiger partial charge in [0.1, 0.15) is 0 Å². The molecule has 1 atom stereocenters. The molecular formula is C12H22N2O2. The van der Waals surface area contributed by atoms with Crippen molar-refractivity contribution in [1.29, 1.82) is 0 Å². The topological polar surface area (TPSA) is 66.6 Å². The molecule has 1 aliphatic heterocycles. The molecule has 0 spiro atoms. The van der Waals surface area contributed by atoms with Crippen LogP contribution in [0.5, 0.6) is 0 Å². The first-order valence-electron chi connectivity index (χ1n) is 6.21. The molecule has 1 saturated heterocycles. The molecular weight excluding hydrogens is 204 g/mol. The van der Waals surface area contributed by atoms with E-state index in [1.54, 1.807) is 0 Å². The van der Waals surface area contributed by atoms with Gasteiger partial charge in [-0.2, -0.15) is 0 Å². The zero-order valence-corrected chi connectivity index (χ0v) is 10.0. The van der Waals surface area contributed by atoms with Crippen molar-refractivity contribution < 1.29 is 9.90 Å². The Morgan fingerprint density at radius 1 is 1.38 bits per heavy atom. The van der Waals surface area contributed by atoms with E-state index in [-0.39, 0.29) is 11.3 Å². The summed E-state index contributed by atoms with van der Waals surface area (Å²) in [6.45, 7) is 3.50. The highest BCUT2D eigenvalue weighted by Crippen LogP contribution is 2.42. The average Bonchev–Trinajstić information content (AvgIpc) is 2.15. The van der Waals surface area contributed by atoms with E-state index in [4.69, 9.17) is 5.73 Å². The molecule has 2 aliphatic rings. The lowest BCUT2D eigenvalue weighted by Crippen LogP contribution is -2.57. The van der Waals surface area contributed by atoms with Crippen LogP contribution in [0.25, 0.3) is 0 Å². The Balaban J connectivity index is 2.04. The second-order valence-corrected chi connectivity index (χ2v) is 5.67. The molecule has 2 fully saturated rings. The number of nitrogens with zero attached hydrogens (tertiary/aromatic N) is 1. The number of carbonyl (C=O) groups excluding carboxylic acids is 1. The Kier molecular flexibility index (Phi) is 2.97. The number of aliphatic hydroxyl groups is 1. The molecule has 0 aromatic heterocycles. The van der Waals surface area contributed by atoms with Crippen molar-refractivity contribution in [3.8, 4) is 0 Å². The molecule has 1 amide bonds. The summed E-state index contributed by atoms with van der Waals surface area (Å²) in [5, 5.41) is 10.00. The highest BCUT2D eigenvalue weighted by Gasteiger charge is 2.46. The maximum atomic E-state index is 12.4. The van der Waals surface area contributed by atoms with E-state index in [2.05, 4.69) is 0 Å². The molecule has 92 valence electrons. The van der Waals surface area contributed by atoms with Gasteiger partial charge in [0.25, 0.3) is 0 Å². The molecule has 2 rings (SSSR count). The van der Waals surface area contributed by atoms with Gasteiger partial charge in [-0.25, -0.2) is 0 Å². The van der Waals surface area contributed by atoms with E-state index >= 15 is 0 Å². The van der Waals surface area contributed by atoms with Crippen molar-refractivity contribution in [1.82, 2.24) is 4.90 Å². The summed E-state index contributed by atoms with van der Waals surface area (Å²) >= 11 is 0. The third-order valence-corrected chi connectivity index (χ3v) is 4.12. The van der Waals surface area contributed by atoms with Gasteiger partial charge >= 0.3 is 0 Å². The van der Waals surface area contributed by atoms with Gasteiger partial charge in [0, 0.05) is 19.6 Å². The second kappa shape index (κ2) is 4.00. The van der Waals surface area contributed by atoms with Crippen molar-refractivity contribution in [3.05, 3.63) is 0 Å². The predicted molar refractivity (Wildman–Crippen MR) is 61.8 cm³/mol. The molecule has 0 radical (unpaired) electrons. The lowest BCUT2D eigenvalue weighted by Gasteiger charge is -2.46. The molecule has 4 nitrogen and oxygen atoms in total. The molecule has 1 heterocycles. The molecule has 3 N–H and O–H groups in total. The Morgan fingerprint density at radius 3 is 2.50 bits per heavy atom. The van der Waals surface area contributed by atoms with Crippen molar-refractivity contribution in [2.45, 2.75) is 44.6 Å². The first-order chi connectivity index (χ1) is 7.49. The summed E-state index contributed by atoms with van der Waals surface area (Å²) in [4.78, 5) is 14.2. The standard InChI is InChI=1S/C12H22N2O2/c1-11(16)4-3-7-14(9-11)10(15)12(8-13)5-2-6-12/h16H,2-9,13H2,1H3. The first-order valence-corrected chi connectivity index (χ1v) is 6.21. The fraction of sp³-hybridized carbons (Fsp3) is 0.917. The number of rotatable bonds is 2. The number of hydrogen-bond acceptors (Lipinski definition) is 3. The molecule has 1 unspecified atom stereocenters. The van der Waals surface area contributed by atoms with Gasteiger partial charge in [-0.3, -0.25) is 4.79 Å². The van der Waals surface area contributed by atoms with Crippen LogP contribution in [-0.2, 0) is 4.79 Å². The number of hydrogen-bond donors (Lipinski definition) is 2. The van der Waals surface area contributed by atoms with Crippen LogP contribution in [0.15, 0.2) is 0 Å². The van der Waals surface area contributed by atoms with Gasteiger partial charge in [0.05, 0.1) is 11.0 Å². The summed E-state index contributed by atoms with van der Waals surface area (Å²) in [5.41, 5.74) is 4.72. The van der Waals surface area contributed by atoms with E-state index in [9.17, 15) is 9.90 Å². The van der Waals surface area contributed by atoms with E-state index in [0.29, 0.717) is 13.1 Å². The van der Waals surface area contributed by atoms with E-state index in [1.165, 1.54) is 0 Å². The van der Waals surface area contributed by atoms with Gasteiger partial charge in [-0.15, -0.1) is 0 Å². The lowest BCUT2D eigenvalue weighted by atomic mass is 9.67. The third-order valence-electron chi connectivity index (χ3n) is 4.12. The normalized spacial score (nSPS) is 33.3. The molecule has 1 saturated carbocycles. The van der Waals surface area contributed by atoms with Crippen molar-refractivity contribution in [2.24, 2.45) is 11.1 Å². The molecule has 1 aliphatic carbocycles. The van der Waals surface area contributed by atoms with Gasteiger partial charge in [0.15, 0.2) is 0 Å². The van der Waals surface area contributed by atoms with Crippen LogP contribution < -0.4 is 5.73 Å². The van der Waals surface area contributed by atoms with Crippen LogP contribution in [0.1, 0.15) is 39.0 Å². The minimum atomic E-state index is -0.715. The van der Waals surface area contributed by atoms with Crippen LogP contribution in [0, 0.1) is 5.41 Å². The summed E-state index contributed by atoms with van der Waals surface area (Å²) in [5.74, 6) is 0.168. The maximum Gasteiger partial charge on any atom is 0.230 e. The van der Waals surface area contributed by atoms with Gasteiger partial charge < -0.3 is 15.7 Å². The summed E-state index contributed by atoms with van der Waals surface area (Å²) in [7, 11) is 0. The zero-order valence-electron chi connectivity index (χ0n) is 10.0. The van der Waals surface area contributed by atoms with E-state index < -0.39 is 5.60 Å². The monoisotopic (exact) mass is 226 g/mol. The number of carbonyl (C=O) groups is 1. The van der Waals surface area contributed by atoms with Gasteiger partial charge in [-0.05, 0) is 32.6 Å².